The first-order chi connectivity index (χ1) is 13.0. The van der Waals surface area contributed by atoms with Crippen molar-refractivity contribution in [2.75, 3.05) is 25.6 Å². The third-order valence-electron chi connectivity index (χ3n) is 4.53. The molecule has 3 rings (SSSR count). The fourth-order valence-electron chi connectivity index (χ4n) is 2.90. The number of hydrogen-bond acceptors (Lipinski definition) is 5. The molecule has 0 saturated carbocycles. The molecule has 0 spiro atoms. The molecule has 2 aromatic rings. The van der Waals surface area contributed by atoms with Crippen LogP contribution >= 0.6 is 11.6 Å². The van der Waals surface area contributed by atoms with E-state index >= 15 is 0 Å². The SMILES string of the molecule is CCS(=O)(=O)NC1CCOCC1COc1ccc(-c2ccc(Cl)cn2)cc1. The highest BCUT2D eigenvalue weighted by Crippen LogP contribution is 2.23. The monoisotopic (exact) mass is 410 g/mol. The lowest BCUT2D eigenvalue weighted by molar-refractivity contribution is 0.0186. The first-order valence-electron chi connectivity index (χ1n) is 8.89. The van der Waals surface area contributed by atoms with Gasteiger partial charge in [-0.25, -0.2) is 13.1 Å². The van der Waals surface area contributed by atoms with Crippen LogP contribution in [0.4, 0.5) is 0 Å². The normalized spacial score (nSPS) is 20.4. The molecule has 1 aromatic carbocycles. The Labute approximate surface area is 164 Å². The number of rotatable bonds is 7. The molecule has 1 fully saturated rings. The van der Waals surface area contributed by atoms with Crippen LogP contribution in [0.1, 0.15) is 13.3 Å². The quantitative estimate of drug-likeness (QED) is 0.758. The summed E-state index contributed by atoms with van der Waals surface area (Å²) in [6.45, 7) is 3.04. The van der Waals surface area contributed by atoms with Gasteiger partial charge in [0.15, 0.2) is 0 Å². The Balaban J connectivity index is 1.60. The van der Waals surface area contributed by atoms with Gasteiger partial charge in [0.2, 0.25) is 10.0 Å². The van der Waals surface area contributed by atoms with Crippen LogP contribution in [-0.4, -0.2) is 45.0 Å². The van der Waals surface area contributed by atoms with Gasteiger partial charge in [-0.15, -0.1) is 0 Å². The molecular formula is C19H23ClN2O4S. The third-order valence-corrected chi connectivity index (χ3v) is 6.17. The Morgan fingerprint density at radius 3 is 2.70 bits per heavy atom. The summed E-state index contributed by atoms with van der Waals surface area (Å²) in [5.74, 6) is 0.756. The van der Waals surface area contributed by atoms with Crippen molar-refractivity contribution in [1.29, 1.82) is 0 Å². The van der Waals surface area contributed by atoms with Crippen molar-refractivity contribution >= 4 is 21.6 Å². The molecule has 0 aliphatic carbocycles. The van der Waals surface area contributed by atoms with Crippen molar-refractivity contribution in [2.45, 2.75) is 19.4 Å². The highest BCUT2D eigenvalue weighted by molar-refractivity contribution is 7.89. The number of aromatic nitrogens is 1. The van der Waals surface area contributed by atoms with Gasteiger partial charge in [-0.1, -0.05) is 11.6 Å². The molecule has 1 saturated heterocycles. The van der Waals surface area contributed by atoms with E-state index in [4.69, 9.17) is 21.1 Å². The molecule has 8 heteroatoms. The van der Waals surface area contributed by atoms with E-state index in [-0.39, 0.29) is 17.7 Å². The van der Waals surface area contributed by atoms with E-state index in [0.717, 1.165) is 17.0 Å². The number of ether oxygens (including phenoxy) is 2. The first kappa shape index (κ1) is 20.1. The summed E-state index contributed by atoms with van der Waals surface area (Å²) in [6, 6.07) is 11.1. The second kappa shape index (κ2) is 9.01. The number of nitrogens with zero attached hydrogens (tertiary/aromatic N) is 1. The van der Waals surface area contributed by atoms with Crippen molar-refractivity contribution < 1.29 is 17.9 Å². The lowest BCUT2D eigenvalue weighted by atomic mass is 9.98. The van der Waals surface area contributed by atoms with Crippen LogP contribution in [0.3, 0.4) is 0 Å². The third kappa shape index (κ3) is 5.65. The molecule has 2 unspecified atom stereocenters. The van der Waals surface area contributed by atoms with Gasteiger partial charge in [-0.2, -0.15) is 0 Å². The average Bonchev–Trinajstić information content (AvgIpc) is 2.68. The van der Waals surface area contributed by atoms with Crippen LogP contribution in [0.5, 0.6) is 5.75 Å². The van der Waals surface area contributed by atoms with Gasteiger partial charge in [0.05, 0.1) is 29.7 Å². The minimum Gasteiger partial charge on any atom is -0.493 e. The zero-order chi connectivity index (χ0) is 19.3. The van der Waals surface area contributed by atoms with E-state index < -0.39 is 10.0 Å². The van der Waals surface area contributed by atoms with Gasteiger partial charge in [0.25, 0.3) is 0 Å². The molecule has 6 nitrogen and oxygen atoms in total. The lowest BCUT2D eigenvalue weighted by Crippen LogP contribution is -2.47. The summed E-state index contributed by atoms with van der Waals surface area (Å²) in [7, 11) is -3.25. The van der Waals surface area contributed by atoms with Crippen molar-refractivity contribution in [3.63, 3.8) is 0 Å². The van der Waals surface area contributed by atoms with Gasteiger partial charge in [0.1, 0.15) is 5.75 Å². The molecule has 0 bridgehead atoms. The van der Waals surface area contributed by atoms with E-state index in [9.17, 15) is 8.42 Å². The molecule has 27 heavy (non-hydrogen) atoms. The van der Waals surface area contributed by atoms with Crippen molar-refractivity contribution in [1.82, 2.24) is 9.71 Å². The molecule has 1 N–H and O–H groups in total. The fraction of sp³-hybridized carbons (Fsp3) is 0.421. The topological polar surface area (TPSA) is 77.5 Å². The highest BCUT2D eigenvalue weighted by Gasteiger charge is 2.29. The number of halogens is 1. The van der Waals surface area contributed by atoms with E-state index in [1.54, 1.807) is 19.2 Å². The van der Waals surface area contributed by atoms with Crippen LogP contribution in [0, 0.1) is 5.92 Å². The second-order valence-corrected chi connectivity index (χ2v) is 8.93. The Hall–Kier alpha value is -1.67. The molecule has 1 aliphatic rings. The minimum absolute atomic E-state index is 0.0299. The average molecular weight is 411 g/mol. The summed E-state index contributed by atoms with van der Waals surface area (Å²) in [5.41, 5.74) is 1.80. The van der Waals surface area contributed by atoms with Crippen LogP contribution in [0.25, 0.3) is 11.3 Å². The van der Waals surface area contributed by atoms with Gasteiger partial charge < -0.3 is 9.47 Å². The standard InChI is InChI=1S/C19H23ClN2O4S/c1-2-27(23,24)22-19-9-10-25-12-15(19)13-26-17-6-3-14(4-7-17)18-8-5-16(20)11-21-18/h3-8,11,15,19,22H,2,9-10,12-13H2,1H3. The molecule has 1 aliphatic heterocycles. The van der Waals surface area contributed by atoms with Crippen LogP contribution < -0.4 is 9.46 Å². The predicted molar refractivity (Wildman–Crippen MR) is 105 cm³/mol. The summed E-state index contributed by atoms with van der Waals surface area (Å²) in [4.78, 5) is 4.30. The number of sulfonamides is 1. The van der Waals surface area contributed by atoms with E-state index in [1.165, 1.54) is 0 Å². The van der Waals surface area contributed by atoms with Crippen molar-refractivity contribution in [2.24, 2.45) is 5.92 Å². The lowest BCUT2D eigenvalue weighted by Gasteiger charge is -2.31. The van der Waals surface area contributed by atoms with Crippen LogP contribution in [0.2, 0.25) is 5.02 Å². The fourth-order valence-corrected chi connectivity index (χ4v) is 3.95. The number of nitrogens with one attached hydrogen (secondary N) is 1. The second-order valence-electron chi connectivity index (χ2n) is 6.45. The Bertz CT molecular complexity index is 841. The maximum Gasteiger partial charge on any atom is 0.211 e. The Morgan fingerprint density at radius 1 is 1.26 bits per heavy atom. The maximum atomic E-state index is 11.9. The molecule has 1 aromatic heterocycles. The van der Waals surface area contributed by atoms with E-state index in [2.05, 4.69) is 9.71 Å². The number of benzene rings is 1. The molecule has 0 radical (unpaired) electrons. The summed E-state index contributed by atoms with van der Waals surface area (Å²) in [6.07, 6.45) is 2.26. The van der Waals surface area contributed by atoms with Crippen molar-refractivity contribution in [3.05, 3.63) is 47.6 Å². The smallest absolute Gasteiger partial charge is 0.211 e. The van der Waals surface area contributed by atoms with E-state index in [0.29, 0.717) is 31.3 Å². The largest absolute Gasteiger partial charge is 0.493 e. The summed E-state index contributed by atoms with van der Waals surface area (Å²) < 4.78 is 37.9. The maximum absolute atomic E-state index is 11.9. The summed E-state index contributed by atoms with van der Waals surface area (Å²) in [5, 5.41) is 0.599. The van der Waals surface area contributed by atoms with Gasteiger partial charge in [-0.05, 0) is 49.7 Å². The predicted octanol–water partition coefficient (Wildman–Crippen LogP) is 3.13. The number of pyridine rings is 1. The first-order valence-corrected chi connectivity index (χ1v) is 10.9. The molecule has 2 heterocycles. The number of hydrogen-bond donors (Lipinski definition) is 1. The van der Waals surface area contributed by atoms with Gasteiger partial charge >= 0.3 is 0 Å². The molecule has 0 amide bonds. The molecule has 146 valence electrons. The van der Waals surface area contributed by atoms with Crippen LogP contribution in [-0.2, 0) is 14.8 Å². The van der Waals surface area contributed by atoms with E-state index in [1.807, 2.05) is 30.3 Å². The molecular weight excluding hydrogens is 388 g/mol. The molecule has 2 atom stereocenters. The zero-order valence-electron chi connectivity index (χ0n) is 15.1. The Morgan fingerprint density at radius 2 is 2.04 bits per heavy atom. The van der Waals surface area contributed by atoms with Gasteiger partial charge in [0, 0.05) is 30.3 Å². The highest BCUT2D eigenvalue weighted by atomic mass is 35.5. The summed E-state index contributed by atoms with van der Waals surface area (Å²) >= 11 is 5.87. The minimum atomic E-state index is -3.25. The Kier molecular flexibility index (Phi) is 6.70. The van der Waals surface area contributed by atoms with Crippen LogP contribution in [0.15, 0.2) is 42.6 Å². The van der Waals surface area contributed by atoms with Gasteiger partial charge in [-0.3, -0.25) is 4.98 Å². The van der Waals surface area contributed by atoms with Crippen molar-refractivity contribution in [3.8, 4) is 17.0 Å². The zero-order valence-corrected chi connectivity index (χ0v) is 16.7.